The SMILES string of the molecule is NS(=O)(=O)c1cc(NC(=O)Cc2ccccc2Cl)cc2c1cnn2CCN1CCOCC1. The average molecular weight is 478 g/mol. The molecule has 3 N–H and O–H groups in total. The van der Waals surface area contributed by atoms with Crippen molar-refractivity contribution in [3.8, 4) is 0 Å². The van der Waals surface area contributed by atoms with Gasteiger partial charge in [0.25, 0.3) is 0 Å². The molecule has 0 radical (unpaired) electrons. The summed E-state index contributed by atoms with van der Waals surface area (Å²) in [5.74, 6) is -0.322. The van der Waals surface area contributed by atoms with Crippen LogP contribution in [0.15, 0.2) is 47.5 Å². The van der Waals surface area contributed by atoms with Gasteiger partial charge in [-0.25, -0.2) is 13.6 Å². The number of carbonyl (C=O) groups excluding carboxylic acids is 1. The lowest BCUT2D eigenvalue weighted by atomic mass is 10.1. The first-order chi connectivity index (χ1) is 15.3. The minimum Gasteiger partial charge on any atom is -0.379 e. The molecule has 0 aliphatic carbocycles. The van der Waals surface area contributed by atoms with Gasteiger partial charge in [-0.3, -0.25) is 14.4 Å². The molecule has 0 unspecified atom stereocenters. The Balaban J connectivity index is 1.60. The summed E-state index contributed by atoms with van der Waals surface area (Å²) in [6.45, 7) is 4.36. The number of benzene rings is 2. The van der Waals surface area contributed by atoms with E-state index in [1.54, 1.807) is 35.0 Å². The standard InChI is InChI=1S/C21H24ClN5O4S/c22-18-4-2-1-3-15(18)11-21(28)25-16-12-19-17(20(13-16)32(23,29)30)14-24-27(19)6-5-26-7-9-31-10-8-26/h1-4,12-14H,5-11H2,(H,25,28)(H2,23,29,30). The molecule has 1 amide bonds. The van der Waals surface area contributed by atoms with E-state index < -0.39 is 10.0 Å². The van der Waals surface area contributed by atoms with Gasteiger partial charge < -0.3 is 10.1 Å². The first-order valence-electron chi connectivity index (χ1n) is 10.2. The van der Waals surface area contributed by atoms with Crippen LogP contribution in [0.2, 0.25) is 5.02 Å². The minimum absolute atomic E-state index is 0.0543. The number of halogens is 1. The first-order valence-corrected chi connectivity index (χ1v) is 12.1. The number of amides is 1. The maximum absolute atomic E-state index is 12.6. The summed E-state index contributed by atoms with van der Waals surface area (Å²) < 4.78 is 31.5. The number of nitrogens with zero attached hydrogens (tertiary/aromatic N) is 3. The number of morpholine rings is 1. The number of hydrogen-bond acceptors (Lipinski definition) is 6. The van der Waals surface area contributed by atoms with Crippen LogP contribution in [0.1, 0.15) is 5.56 Å². The van der Waals surface area contributed by atoms with Crippen LogP contribution < -0.4 is 10.5 Å². The largest absolute Gasteiger partial charge is 0.379 e. The Bertz CT molecular complexity index is 1240. The van der Waals surface area contributed by atoms with Gasteiger partial charge in [-0.2, -0.15) is 5.10 Å². The molecule has 1 aliphatic rings. The fourth-order valence-electron chi connectivity index (χ4n) is 3.71. The lowest BCUT2D eigenvalue weighted by molar-refractivity contribution is -0.115. The third-order valence-corrected chi connectivity index (χ3v) is 6.67. The summed E-state index contributed by atoms with van der Waals surface area (Å²) in [6.07, 6.45) is 1.54. The number of rotatable bonds is 7. The molecular weight excluding hydrogens is 454 g/mol. The summed E-state index contributed by atoms with van der Waals surface area (Å²) in [7, 11) is -4.03. The first kappa shape index (κ1) is 22.7. The van der Waals surface area contributed by atoms with Crippen molar-refractivity contribution in [2.45, 2.75) is 17.9 Å². The Labute approximate surface area is 191 Å². The third kappa shape index (κ3) is 5.28. The molecule has 1 aromatic heterocycles. The van der Waals surface area contributed by atoms with E-state index in [4.69, 9.17) is 21.5 Å². The van der Waals surface area contributed by atoms with Crippen LogP contribution in [0.4, 0.5) is 5.69 Å². The van der Waals surface area contributed by atoms with E-state index in [1.807, 2.05) is 0 Å². The van der Waals surface area contributed by atoms with Crippen LogP contribution in [0.5, 0.6) is 0 Å². The van der Waals surface area contributed by atoms with E-state index in [0.717, 1.165) is 19.6 Å². The normalized spacial score (nSPS) is 15.2. The highest BCUT2D eigenvalue weighted by molar-refractivity contribution is 7.89. The molecule has 2 heterocycles. The van der Waals surface area contributed by atoms with Gasteiger partial charge in [0.15, 0.2) is 0 Å². The number of nitrogens with two attached hydrogens (primary N) is 1. The van der Waals surface area contributed by atoms with Gasteiger partial charge in [0.05, 0.1) is 42.8 Å². The lowest BCUT2D eigenvalue weighted by Crippen LogP contribution is -2.38. The topological polar surface area (TPSA) is 120 Å². The Morgan fingerprint density at radius 1 is 1.19 bits per heavy atom. The van der Waals surface area contributed by atoms with Gasteiger partial charge in [0, 0.05) is 35.7 Å². The van der Waals surface area contributed by atoms with Crippen LogP contribution >= 0.6 is 11.6 Å². The molecule has 0 atom stereocenters. The van der Waals surface area contributed by atoms with E-state index in [-0.39, 0.29) is 17.2 Å². The number of nitrogens with one attached hydrogen (secondary N) is 1. The number of ether oxygens (including phenoxy) is 1. The van der Waals surface area contributed by atoms with E-state index in [9.17, 15) is 13.2 Å². The maximum atomic E-state index is 12.6. The van der Waals surface area contributed by atoms with Gasteiger partial charge in [-0.1, -0.05) is 29.8 Å². The molecule has 4 rings (SSSR count). The number of aromatic nitrogens is 2. The summed E-state index contributed by atoms with van der Waals surface area (Å²) in [6, 6.07) is 10.1. The number of anilines is 1. The molecule has 11 heteroatoms. The van der Waals surface area contributed by atoms with Crippen molar-refractivity contribution in [1.82, 2.24) is 14.7 Å². The van der Waals surface area contributed by atoms with Gasteiger partial charge in [0.1, 0.15) is 0 Å². The second-order valence-corrected chi connectivity index (χ2v) is 9.53. The Morgan fingerprint density at radius 2 is 1.94 bits per heavy atom. The van der Waals surface area contributed by atoms with Gasteiger partial charge in [-0.05, 0) is 23.8 Å². The lowest BCUT2D eigenvalue weighted by Gasteiger charge is -2.26. The van der Waals surface area contributed by atoms with Crippen LogP contribution in [-0.2, 0) is 32.5 Å². The third-order valence-electron chi connectivity index (χ3n) is 5.36. The summed E-state index contributed by atoms with van der Waals surface area (Å²) in [5.41, 5.74) is 1.58. The fraction of sp³-hybridized carbons (Fsp3) is 0.333. The highest BCUT2D eigenvalue weighted by Crippen LogP contribution is 2.27. The van der Waals surface area contributed by atoms with Crippen molar-refractivity contribution < 1.29 is 17.9 Å². The second-order valence-electron chi connectivity index (χ2n) is 7.59. The molecule has 1 fully saturated rings. The molecule has 170 valence electrons. The number of sulfonamides is 1. The predicted molar refractivity (Wildman–Crippen MR) is 122 cm³/mol. The van der Waals surface area contributed by atoms with Crippen molar-refractivity contribution in [1.29, 1.82) is 0 Å². The van der Waals surface area contributed by atoms with Crippen molar-refractivity contribution >= 4 is 44.1 Å². The smallest absolute Gasteiger partial charge is 0.238 e. The Morgan fingerprint density at radius 3 is 2.66 bits per heavy atom. The molecule has 32 heavy (non-hydrogen) atoms. The number of primary sulfonamides is 1. The molecular formula is C21H24ClN5O4S. The van der Waals surface area contributed by atoms with Gasteiger partial charge >= 0.3 is 0 Å². The monoisotopic (exact) mass is 477 g/mol. The van der Waals surface area contributed by atoms with E-state index in [2.05, 4.69) is 15.3 Å². The summed E-state index contributed by atoms with van der Waals surface area (Å²) in [4.78, 5) is 14.8. The number of carbonyl (C=O) groups is 1. The van der Waals surface area contributed by atoms with Crippen molar-refractivity contribution in [3.05, 3.63) is 53.2 Å². The average Bonchev–Trinajstić information content (AvgIpc) is 3.16. The molecule has 0 saturated carbocycles. The highest BCUT2D eigenvalue weighted by Gasteiger charge is 2.19. The molecule has 0 spiro atoms. The van der Waals surface area contributed by atoms with Crippen molar-refractivity contribution in [3.63, 3.8) is 0 Å². The highest BCUT2D eigenvalue weighted by atomic mass is 35.5. The van der Waals surface area contributed by atoms with Crippen LogP contribution in [0.3, 0.4) is 0 Å². The zero-order chi connectivity index (χ0) is 22.7. The van der Waals surface area contributed by atoms with Gasteiger partial charge in [-0.15, -0.1) is 0 Å². The number of hydrogen-bond donors (Lipinski definition) is 2. The fourth-order valence-corrected chi connectivity index (χ4v) is 4.67. The van der Waals surface area contributed by atoms with Crippen LogP contribution in [0.25, 0.3) is 10.9 Å². The van der Waals surface area contributed by atoms with Gasteiger partial charge in [0.2, 0.25) is 15.9 Å². The number of fused-ring (bicyclic) bond motifs is 1. The second kappa shape index (κ2) is 9.55. The summed E-state index contributed by atoms with van der Waals surface area (Å²) in [5, 5.41) is 13.5. The van der Waals surface area contributed by atoms with E-state index in [0.29, 0.717) is 46.9 Å². The molecule has 9 nitrogen and oxygen atoms in total. The van der Waals surface area contributed by atoms with E-state index >= 15 is 0 Å². The minimum atomic E-state index is -4.03. The molecule has 1 saturated heterocycles. The quantitative estimate of drug-likeness (QED) is 0.536. The molecule has 0 bridgehead atoms. The molecule has 2 aromatic carbocycles. The zero-order valence-electron chi connectivity index (χ0n) is 17.3. The van der Waals surface area contributed by atoms with Crippen LogP contribution in [0, 0.1) is 0 Å². The van der Waals surface area contributed by atoms with Crippen molar-refractivity contribution in [2.24, 2.45) is 5.14 Å². The molecule has 3 aromatic rings. The Hall–Kier alpha value is -2.50. The van der Waals surface area contributed by atoms with Crippen molar-refractivity contribution in [2.75, 3.05) is 38.2 Å². The van der Waals surface area contributed by atoms with Crippen LogP contribution in [-0.4, -0.2) is 61.9 Å². The maximum Gasteiger partial charge on any atom is 0.238 e. The summed E-state index contributed by atoms with van der Waals surface area (Å²) >= 11 is 6.14. The van der Waals surface area contributed by atoms with E-state index in [1.165, 1.54) is 12.3 Å². The molecule has 1 aliphatic heterocycles. The predicted octanol–water partition coefficient (Wildman–Crippen LogP) is 1.85. The zero-order valence-corrected chi connectivity index (χ0v) is 18.9. The Kier molecular flexibility index (Phi) is 6.77.